The zero-order chi connectivity index (χ0) is 22.0. The van der Waals surface area contributed by atoms with Crippen molar-refractivity contribution in [3.8, 4) is 17.2 Å². The van der Waals surface area contributed by atoms with Crippen molar-refractivity contribution in [3.63, 3.8) is 0 Å². The number of hydrogen-bond acceptors (Lipinski definition) is 3. The molecule has 0 unspecified atom stereocenters. The molecule has 1 N–H and O–H groups in total. The molecule has 5 heteroatoms. The number of carboxylic acid groups (broad SMARTS) is 1. The second-order valence-electron chi connectivity index (χ2n) is 7.28. The molecule has 0 amide bonds. The molecule has 156 valence electrons. The summed E-state index contributed by atoms with van der Waals surface area (Å²) in [6.07, 6.45) is 1.82. The largest absolute Gasteiger partial charge is 0.497 e. The Balaban J connectivity index is 1.70. The summed E-state index contributed by atoms with van der Waals surface area (Å²) in [5.74, 6) is 0.694. The Morgan fingerprint density at radius 1 is 0.968 bits per heavy atom. The summed E-state index contributed by atoms with van der Waals surface area (Å²) < 4.78 is 25.0. The molecule has 0 heterocycles. The molecule has 0 radical (unpaired) electrons. The van der Waals surface area contributed by atoms with E-state index < -0.39 is 5.97 Å². The molecule has 0 fully saturated rings. The lowest BCUT2D eigenvalue weighted by Crippen LogP contribution is -1.97. The first-order chi connectivity index (χ1) is 14.9. The second-order valence-corrected chi connectivity index (χ2v) is 7.28. The highest BCUT2D eigenvalue weighted by Gasteiger charge is 2.25. The number of fused-ring (bicyclic) bond motifs is 1. The van der Waals surface area contributed by atoms with Crippen molar-refractivity contribution in [1.82, 2.24) is 0 Å². The molecule has 1 aliphatic carbocycles. The van der Waals surface area contributed by atoms with E-state index in [0.717, 1.165) is 22.3 Å². The van der Waals surface area contributed by atoms with Gasteiger partial charge < -0.3 is 14.6 Å². The van der Waals surface area contributed by atoms with Gasteiger partial charge in [-0.15, -0.1) is 0 Å². The van der Waals surface area contributed by atoms with Crippen molar-refractivity contribution in [2.24, 2.45) is 0 Å². The van der Waals surface area contributed by atoms with Gasteiger partial charge in [-0.3, -0.25) is 4.79 Å². The third-order valence-corrected chi connectivity index (χ3v) is 5.23. The average Bonchev–Trinajstić information content (AvgIpc) is 2.99. The van der Waals surface area contributed by atoms with E-state index in [2.05, 4.69) is 0 Å². The van der Waals surface area contributed by atoms with Crippen LogP contribution in [0.15, 0.2) is 72.3 Å². The minimum Gasteiger partial charge on any atom is -0.497 e. The SMILES string of the molecule is COc1cccc(Oc2cccc(/C=C3/C(C)=C(CC(=O)O)c4cc(F)ccc43)c2)c1. The van der Waals surface area contributed by atoms with E-state index in [4.69, 9.17) is 9.47 Å². The van der Waals surface area contributed by atoms with Crippen LogP contribution in [0.25, 0.3) is 17.2 Å². The number of methoxy groups -OCH3 is 1. The molecular formula is C26H21FO4. The van der Waals surface area contributed by atoms with Crippen molar-refractivity contribution in [1.29, 1.82) is 0 Å². The number of hydrogen-bond donors (Lipinski definition) is 1. The first-order valence-electron chi connectivity index (χ1n) is 9.80. The van der Waals surface area contributed by atoms with E-state index in [0.29, 0.717) is 28.4 Å². The summed E-state index contributed by atoms with van der Waals surface area (Å²) in [5, 5.41) is 9.30. The van der Waals surface area contributed by atoms with Gasteiger partial charge in [0.1, 0.15) is 23.1 Å². The lowest BCUT2D eigenvalue weighted by molar-refractivity contribution is -0.135. The van der Waals surface area contributed by atoms with Gasteiger partial charge in [0.2, 0.25) is 0 Å². The smallest absolute Gasteiger partial charge is 0.307 e. The molecule has 0 aromatic heterocycles. The van der Waals surface area contributed by atoms with E-state index in [-0.39, 0.29) is 12.2 Å². The first kappa shape index (κ1) is 20.4. The normalized spacial score (nSPS) is 14.0. The van der Waals surface area contributed by atoms with Crippen molar-refractivity contribution < 1.29 is 23.8 Å². The highest BCUT2D eigenvalue weighted by atomic mass is 19.1. The fourth-order valence-corrected chi connectivity index (χ4v) is 3.77. The summed E-state index contributed by atoms with van der Waals surface area (Å²) in [7, 11) is 1.60. The van der Waals surface area contributed by atoms with Crippen LogP contribution in [0.5, 0.6) is 17.2 Å². The van der Waals surface area contributed by atoms with E-state index >= 15 is 0 Å². The molecule has 0 bridgehead atoms. The molecule has 0 saturated heterocycles. The number of halogens is 1. The van der Waals surface area contributed by atoms with Crippen molar-refractivity contribution in [2.45, 2.75) is 13.3 Å². The van der Waals surface area contributed by atoms with Crippen LogP contribution < -0.4 is 9.47 Å². The summed E-state index contributed by atoms with van der Waals surface area (Å²) in [5.41, 5.74) is 4.70. The van der Waals surface area contributed by atoms with Crippen LogP contribution in [-0.2, 0) is 4.79 Å². The van der Waals surface area contributed by atoms with Gasteiger partial charge in [-0.05, 0) is 82.8 Å². The Labute approximate surface area is 179 Å². The standard InChI is InChI=1S/C26H21FO4/c1-16-23(22-10-9-18(27)13-25(22)24(16)15-26(28)29)12-17-5-3-7-20(11-17)31-21-8-4-6-19(14-21)30-2/h3-14H,15H2,1-2H3,(H,28,29)/b23-12-. The summed E-state index contributed by atoms with van der Waals surface area (Å²) in [6.45, 7) is 1.87. The minimum absolute atomic E-state index is 0.154. The molecule has 1 aliphatic rings. The van der Waals surface area contributed by atoms with Crippen LogP contribution >= 0.6 is 0 Å². The van der Waals surface area contributed by atoms with Crippen LogP contribution in [0, 0.1) is 5.82 Å². The van der Waals surface area contributed by atoms with Crippen LogP contribution in [0.3, 0.4) is 0 Å². The first-order valence-corrected chi connectivity index (χ1v) is 9.80. The Bertz CT molecular complexity index is 1220. The molecule has 4 rings (SSSR count). The lowest BCUT2D eigenvalue weighted by Gasteiger charge is -2.09. The fourth-order valence-electron chi connectivity index (χ4n) is 3.77. The average molecular weight is 416 g/mol. The number of rotatable bonds is 6. The molecule has 4 nitrogen and oxygen atoms in total. The van der Waals surface area contributed by atoms with E-state index in [1.165, 1.54) is 12.1 Å². The number of carbonyl (C=O) groups is 1. The Kier molecular flexibility index (Phi) is 5.58. The maximum atomic E-state index is 13.9. The molecule has 0 aliphatic heterocycles. The molecule has 0 spiro atoms. The highest BCUT2D eigenvalue weighted by molar-refractivity contribution is 6.07. The molecule has 0 saturated carbocycles. The monoisotopic (exact) mass is 416 g/mol. The van der Waals surface area contributed by atoms with Gasteiger partial charge in [0.15, 0.2) is 0 Å². The number of allylic oxidation sites excluding steroid dienone is 2. The van der Waals surface area contributed by atoms with Crippen molar-refractivity contribution >= 4 is 23.2 Å². The Hall–Kier alpha value is -3.86. The topological polar surface area (TPSA) is 55.8 Å². The predicted octanol–water partition coefficient (Wildman–Crippen LogP) is 6.43. The van der Waals surface area contributed by atoms with Crippen LogP contribution in [0.1, 0.15) is 30.0 Å². The van der Waals surface area contributed by atoms with Gasteiger partial charge in [0, 0.05) is 6.07 Å². The zero-order valence-corrected chi connectivity index (χ0v) is 17.2. The van der Waals surface area contributed by atoms with Crippen LogP contribution in [-0.4, -0.2) is 18.2 Å². The Morgan fingerprint density at radius 3 is 2.42 bits per heavy atom. The zero-order valence-electron chi connectivity index (χ0n) is 17.2. The maximum Gasteiger partial charge on any atom is 0.307 e. The molecule has 0 atom stereocenters. The van der Waals surface area contributed by atoms with Gasteiger partial charge in [-0.2, -0.15) is 0 Å². The highest BCUT2D eigenvalue weighted by Crippen LogP contribution is 2.44. The molecular weight excluding hydrogens is 395 g/mol. The van der Waals surface area contributed by atoms with Gasteiger partial charge in [0.25, 0.3) is 0 Å². The molecule has 3 aromatic rings. The van der Waals surface area contributed by atoms with Gasteiger partial charge >= 0.3 is 5.97 Å². The maximum absolute atomic E-state index is 13.9. The quantitative estimate of drug-likeness (QED) is 0.503. The van der Waals surface area contributed by atoms with Crippen LogP contribution in [0.4, 0.5) is 4.39 Å². The third kappa shape index (κ3) is 4.36. The summed E-state index contributed by atoms with van der Waals surface area (Å²) >= 11 is 0. The number of carboxylic acids is 1. The summed E-state index contributed by atoms with van der Waals surface area (Å²) in [6, 6.07) is 19.4. The van der Waals surface area contributed by atoms with Crippen molar-refractivity contribution in [2.75, 3.05) is 7.11 Å². The number of benzene rings is 3. The fraction of sp³-hybridized carbons (Fsp3) is 0.115. The van der Waals surface area contributed by atoms with Crippen LogP contribution in [0.2, 0.25) is 0 Å². The molecule has 31 heavy (non-hydrogen) atoms. The van der Waals surface area contributed by atoms with E-state index in [9.17, 15) is 14.3 Å². The second kappa shape index (κ2) is 8.48. The number of ether oxygens (including phenoxy) is 2. The summed E-state index contributed by atoms with van der Waals surface area (Å²) in [4.78, 5) is 11.4. The number of aliphatic carboxylic acids is 1. The Morgan fingerprint density at radius 2 is 1.68 bits per heavy atom. The van der Waals surface area contributed by atoms with Gasteiger partial charge in [-0.1, -0.05) is 24.3 Å². The third-order valence-electron chi connectivity index (χ3n) is 5.23. The molecule has 3 aromatic carbocycles. The van der Waals surface area contributed by atoms with Gasteiger partial charge in [-0.25, -0.2) is 4.39 Å². The van der Waals surface area contributed by atoms with E-state index in [1.807, 2.05) is 55.5 Å². The van der Waals surface area contributed by atoms with Gasteiger partial charge in [0.05, 0.1) is 13.5 Å². The van der Waals surface area contributed by atoms with Crippen molar-refractivity contribution in [3.05, 3.63) is 94.8 Å². The predicted molar refractivity (Wildman–Crippen MR) is 119 cm³/mol. The van der Waals surface area contributed by atoms with E-state index in [1.54, 1.807) is 19.2 Å². The lowest BCUT2D eigenvalue weighted by atomic mass is 10.0. The minimum atomic E-state index is -0.945.